The monoisotopic (exact) mass is 152 g/mol. The van der Waals surface area contributed by atoms with Gasteiger partial charge >= 0.3 is 0 Å². The lowest BCUT2D eigenvalue weighted by atomic mass is 9.89. The van der Waals surface area contributed by atoms with Gasteiger partial charge in [-0.15, -0.1) is 0 Å². The first-order valence-corrected chi connectivity index (χ1v) is 3.74. The van der Waals surface area contributed by atoms with E-state index in [1.807, 2.05) is 0 Å². The average Bonchev–Trinajstić information content (AvgIpc) is 1.98. The minimum Gasteiger partial charge on any atom is -0.393 e. The number of hydrogen-bond acceptors (Lipinski definition) is 2. The first-order valence-electron chi connectivity index (χ1n) is 3.74. The summed E-state index contributed by atoms with van der Waals surface area (Å²) in [5, 5.41) is 9.23. The zero-order chi connectivity index (χ0) is 8.27. The van der Waals surface area contributed by atoms with E-state index in [4.69, 9.17) is 0 Å². The minimum atomic E-state index is -0.285. The SMILES string of the molecule is C=C1CC[C@H](O)C/C1=C/C=O. The van der Waals surface area contributed by atoms with Crippen LogP contribution in [0.1, 0.15) is 19.3 Å². The van der Waals surface area contributed by atoms with Crippen molar-refractivity contribution in [2.75, 3.05) is 0 Å². The van der Waals surface area contributed by atoms with Crippen LogP contribution in [0.25, 0.3) is 0 Å². The van der Waals surface area contributed by atoms with Crippen LogP contribution in [-0.4, -0.2) is 17.5 Å². The zero-order valence-corrected chi connectivity index (χ0v) is 6.42. The van der Waals surface area contributed by atoms with Crippen LogP contribution in [-0.2, 0) is 4.79 Å². The molecule has 2 nitrogen and oxygen atoms in total. The van der Waals surface area contributed by atoms with Crippen LogP contribution in [0.15, 0.2) is 23.8 Å². The quantitative estimate of drug-likeness (QED) is 0.453. The van der Waals surface area contributed by atoms with Gasteiger partial charge in [-0.25, -0.2) is 0 Å². The van der Waals surface area contributed by atoms with Gasteiger partial charge in [-0.2, -0.15) is 0 Å². The summed E-state index contributed by atoms with van der Waals surface area (Å²) in [5.41, 5.74) is 1.89. The van der Waals surface area contributed by atoms with E-state index in [0.717, 1.165) is 30.3 Å². The lowest BCUT2D eigenvalue weighted by Gasteiger charge is -2.21. The number of rotatable bonds is 1. The Bertz CT molecular complexity index is 204. The summed E-state index contributed by atoms with van der Waals surface area (Å²) in [5.74, 6) is 0. The summed E-state index contributed by atoms with van der Waals surface area (Å²) < 4.78 is 0. The van der Waals surface area contributed by atoms with E-state index >= 15 is 0 Å². The second-order valence-corrected chi connectivity index (χ2v) is 2.83. The third-order valence-electron chi connectivity index (χ3n) is 1.96. The fraction of sp³-hybridized carbons (Fsp3) is 0.444. The largest absolute Gasteiger partial charge is 0.393 e. The van der Waals surface area contributed by atoms with Crippen molar-refractivity contribution < 1.29 is 9.90 Å². The number of aliphatic hydroxyl groups is 1. The fourth-order valence-electron chi connectivity index (χ4n) is 1.27. The van der Waals surface area contributed by atoms with Crippen molar-refractivity contribution in [1.29, 1.82) is 0 Å². The molecule has 0 heterocycles. The van der Waals surface area contributed by atoms with E-state index in [1.54, 1.807) is 0 Å². The third-order valence-corrected chi connectivity index (χ3v) is 1.96. The molecule has 0 unspecified atom stereocenters. The van der Waals surface area contributed by atoms with Crippen molar-refractivity contribution in [2.24, 2.45) is 0 Å². The molecule has 1 saturated carbocycles. The zero-order valence-electron chi connectivity index (χ0n) is 6.42. The molecule has 2 heteroatoms. The first kappa shape index (κ1) is 8.21. The lowest BCUT2D eigenvalue weighted by molar-refractivity contribution is -0.104. The van der Waals surface area contributed by atoms with Crippen LogP contribution in [0.5, 0.6) is 0 Å². The van der Waals surface area contributed by atoms with Gasteiger partial charge in [0.15, 0.2) is 0 Å². The Morgan fingerprint density at radius 2 is 2.36 bits per heavy atom. The molecule has 1 fully saturated rings. The number of hydrogen-bond donors (Lipinski definition) is 1. The molecular formula is C9H12O2. The third kappa shape index (κ3) is 2.02. The number of aliphatic hydroxyl groups excluding tert-OH is 1. The molecule has 0 saturated heterocycles. The van der Waals surface area contributed by atoms with Crippen LogP contribution >= 0.6 is 0 Å². The summed E-state index contributed by atoms with van der Waals surface area (Å²) >= 11 is 0. The molecule has 0 radical (unpaired) electrons. The van der Waals surface area contributed by atoms with E-state index in [9.17, 15) is 9.90 Å². The van der Waals surface area contributed by atoms with Gasteiger partial charge in [-0.05, 0) is 30.9 Å². The standard InChI is InChI=1S/C9H12O2/c1-7-2-3-9(11)6-8(7)4-5-10/h4-5,9,11H,1-3,6H2/b8-4-/t9-/m0/s1. The van der Waals surface area contributed by atoms with Gasteiger partial charge in [0.25, 0.3) is 0 Å². The molecule has 0 aromatic carbocycles. The molecule has 0 aliphatic heterocycles. The molecular weight excluding hydrogens is 140 g/mol. The van der Waals surface area contributed by atoms with Crippen molar-refractivity contribution in [3.05, 3.63) is 23.8 Å². The molecule has 1 rings (SSSR count). The Morgan fingerprint density at radius 3 is 3.00 bits per heavy atom. The van der Waals surface area contributed by atoms with Gasteiger partial charge in [-0.3, -0.25) is 4.79 Å². The highest BCUT2D eigenvalue weighted by molar-refractivity contribution is 5.68. The average molecular weight is 152 g/mol. The van der Waals surface area contributed by atoms with Crippen LogP contribution < -0.4 is 0 Å². The summed E-state index contributed by atoms with van der Waals surface area (Å²) in [4.78, 5) is 10.1. The topological polar surface area (TPSA) is 37.3 Å². The highest BCUT2D eigenvalue weighted by atomic mass is 16.3. The smallest absolute Gasteiger partial charge is 0.143 e. The number of carbonyl (C=O) groups is 1. The fourth-order valence-corrected chi connectivity index (χ4v) is 1.27. The maximum absolute atomic E-state index is 10.1. The summed E-state index contributed by atoms with van der Waals surface area (Å²) in [7, 11) is 0. The van der Waals surface area contributed by atoms with Gasteiger partial charge in [-0.1, -0.05) is 12.2 Å². The van der Waals surface area contributed by atoms with Gasteiger partial charge in [0.05, 0.1) is 6.10 Å². The second-order valence-electron chi connectivity index (χ2n) is 2.83. The normalized spacial score (nSPS) is 29.0. The Kier molecular flexibility index (Phi) is 2.60. The molecule has 0 bridgehead atoms. The van der Waals surface area contributed by atoms with Crippen molar-refractivity contribution in [2.45, 2.75) is 25.4 Å². The van der Waals surface area contributed by atoms with Crippen molar-refractivity contribution in [3.63, 3.8) is 0 Å². The van der Waals surface area contributed by atoms with Gasteiger partial charge in [0, 0.05) is 0 Å². The summed E-state index contributed by atoms with van der Waals surface area (Å²) in [6.07, 6.45) is 4.11. The Hall–Kier alpha value is -0.890. The molecule has 1 aliphatic carbocycles. The molecule has 11 heavy (non-hydrogen) atoms. The highest BCUT2D eigenvalue weighted by Gasteiger charge is 2.16. The van der Waals surface area contributed by atoms with Crippen molar-refractivity contribution in [1.82, 2.24) is 0 Å². The first-order chi connectivity index (χ1) is 5.24. The van der Waals surface area contributed by atoms with Gasteiger partial charge in [0.1, 0.15) is 6.29 Å². The van der Waals surface area contributed by atoms with Crippen LogP contribution in [0.3, 0.4) is 0 Å². The van der Waals surface area contributed by atoms with E-state index in [2.05, 4.69) is 6.58 Å². The molecule has 0 aromatic heterocycles. The highest BCUT2D eigenvalue weighted by Crippen LogP contribution is 2.26. The molecule has 1 atom stereocenters. The molecule has 1 N–H and O–H groups in total. The summed E-state index contributed by atoms with van der Waals surface area (Å²) in [6, 6.07) is 0. The van der Waals surface area contributed by atoms with E-state index in [1.165, 1.54) is 6.08 Å². The Morgan fingerprint density at radius 1 is 1.64 bits per heavy atom. The number of allylic oxidation sites excluding steroid dienone is 2. The van der Waals surface area contributed by atoms with Crippen LogP contribution in [0, 0.1) is 0 Å². The maximum Gasteiger partial charge on any atom is 0.143 e. The lowest BCUT2D eigenvalue weighted by Crippen LogP contribution is -2.14. The maximum atomic E-state index is 10.1. The van der Waals surface area contributed by atoms with Crippen LogP contribution in [0.4, 0.5) is 0 Å². The van der Waals surface area contributed by atoms with E-state index in [0.29, 0.717) is 6.42 Å². The Balaban J connectivity index is 2.68. The molecule has 60 valence electrons. The predicted molar refractivity (Wildman–Crippen MR) is 43.1 cm³/mol. The van der Waals surface area contributed by atoms with Gasteiger partial charge < -0.3 is 5.11 Å². The Labute approximate surface area is 66.2 Å². The van der Waals surface area contributed by atoms with Crippen molar-refractivity contribution in [3.8, 4) is 0 Å². The minimum absolute atomic E-state index is 0.285. The molecule has 0 aromatic rings. The summed E-state index contributed by atoms with van der Waals surface area (Å²) in [6.45, 7) is 3.81. The molecule has 0 amide bonds. The van der Waals surface area contributed by atoms with Gasteiger partial charge in [0.2, 0.25) is 0 Å². The molecule has 1 aliphatic rings. The van der Waals surface area contributed by atoms with Crippen LogP contribution in [0.2, 0.25) is 0 Å². The van der Waals surface area contributed by atoms with E-state index < -0.39 is 0 Å². The second kappa shape index (κ2) is 3.49. The van der Waals surface area contributed by atoms with E-state index in [-0.39, 0.29) is 6.10 Å². The van der Waals surface area contributed by atoms with Crippen molar-refractivity contribution >= 4 is 6.29 Å². The number of aldehydes is 1. The predicted octanol–water partition coefficient (Wildman–Crippen LogP) is 1.21. The number of carbonyl (C=O) groups excluding carboxylic acids is 1. The molecule has 0 spiro atoms.